The monoisotopic (exact) mass is 135 g/mol. The molecule has 0 spiro atoms. The first-order valence-electron chi connectivity index (χ1n) is 3.06. The Bertz CT molecular complexity index is 213. The topological polar surface area (TPSA) is 32.6 Å². The molecule has 1 rings (SSSR count). The first-order valence-corrected chi connectivity index (χ1v) is 3.06. The fraction of sp³-hybridized carbons (Fsp3) is 0.125. The summed E-state index contributed by atoms with van der Waals surface area (Å²) in [6, 6.07) is 0. The second-order valence-electron chi connectivity index (χ2n) is 2.11. The summed E-state index contributed by atoms with van der Waals surface area (Å²) in [6.07, 6.45) is 9.07. The van der Waals surface area contributed by atoms with Crippen molar-refractivity contribution in [3.63, 3.8) is 0 Å². The second-order valence-corrected chi connectivity index (χ2v) is 2.11. The maximum atomic E-state index is 8.21. The average Bonchev–Trinajstić information content (AvgIpc) is 1.94. The molecule has 1 N–H and O–H groups in total. The van der Waals surface area contributed by atoms with Crippen molar-refractivity contribution in [3.05, 3.63) is 36.5 Å². The molecule has 2 nitrogen and oxygen atoms in total. The average molecular weight is 135 g/mol. The molecule has 0 aromatic heterocycles. The van der Waals surface area contributed by atoms with E-state index >= 15 is 0 Å². The molecule has 0 heterocycles. The van der Waals surface area contributed by atoms with Crippen LogP contribution >= 0.6 is 0 Å². The first kappa shape index (κ1) is 6.81. The summed E-state index contributed by atoms with van der Waals surface area (Å²) < 4.78 is 0. The maximum Gasteiger partial charge on any atom is 0.0548 e. The minimum absolute atomic E-state index is 0.0648. The molecule has 0 fully saturated rings. The van der Waals surface area contributed by atoms with E-state index < -0.39 is 0 Å². The Morgan fingerprint density at radius 1 is 1.60 bits per heavy atom. The van der Waals surface area contributed by atoms with Crippen LogP contribution in [0, 0.1) is 5.92 Å². The zero-order valence-electron chi connectivity index (χ0n) is 5.57. The van der Waals surface area contributed by atoms with Gasteiger partial charge in [-0.1, -0.05) is 30.9 Å². The van der Waals surface area contributed by atoms with E-state index in [0.717, 1.165) is 5.57 Å². The van der Waals surface area contributed by atoms with Gasteiger partial charge in [-0.05, 0) is 5.57 Å². The van der Waals surface area contributed by atoms with Crippen molar-refractivity contribution in [1.82, 2.24) is 0 Å². The summed E-state index contributed by atoms with van der Waals surface area (Å²) in [5, 5.41) is 11.1. The third kappa shape index (κ3) is 1.35. The molecule has 0 aromatic carbocycles. The van der Waals surface area contributed by atoms with E-state index in [1.165, 1.54) is 6.21 Å². The van der Waals surface area contributed by atoms with Gasteiger partial charge in [0, 0.05) is 5.92 Å². The quantitative estimate of drug-likeness (QED) is 0.331. The highest BCUT2D eigenvalue weighted by Crippen LogP contribution is 2.13. The van der Waals surface area contributed by atoms with Gasteiger partial charge in [0.2, 0.25) is 0 Å². The Labute approximate surface area is 59.9 Å². The number of nitrogens with zero attached hydrogens (tertiary/aromatic N) is 1. The highest BCUT2D eigenvalue weighted by molar-refractivity contribution is 5.69. The van der Waals surface area contributed by atoms with Crippen LogP contribution in [0.4, 0.5) is 0 Å². The molecule has 52 valence electrons. The van der Waals surface area contributed by atoms with E-state index in [1.807, 2.05) is 24.3 Å². The number of rotatable bonds is 1. The van der Waals surface area contributed by atoms with Crippen LogP contribution in [0.2, 0.25) is 0 Å². The predicted octanol–water partition coefficient (Wildman–Crippen LogP) is 1.74. The van der Waals surface area contributed by atoms with Gasteiger partial charge in [-0.2, -0.15) is 0 Å². The van der Waals surface area contributed by atoms with E-state index in [9.17, 15) is 0 Å². The lowest BCUT2D eigenvalue weighted by Crippen LogP contribution is -2.01. The van der Waals surface area contributed by atoms with Gasteiger partial charge in [0.25, 0.3) is 0 Å². The smallest absolute Gasteiger partial charge is 0.0548 e. The third-order valence-electron chi connectivity index (χ3n) is 1.40. The van der Waals surface area contributed by atoms with Crippen LogP contribution in [-0.4, -0.2) is 11.4 Å². The van der Waals surface area contributed by atoms with Gasteiger partial charge in [-0.15, -0.1) is 5.16 Å². The molecule has 0 radical (unpaired) electrons. The molecule has 1 aliphatic carbocycles. The molecule has 0 aliphatic heterocycles. The maximum absolute atomic E-state index is 8.21. The second kappa shape index (κ2) is 3.01. The van der Waals surface area contributed by atoms with Crippen molar-refractivity contribution >= 4 is 6.21 Å². The highest BCUT2D eigenvalue weighted by Gasteiger charge is 2.04. The standard InChI is InChI=1S/C8H9NO/c1-7-4-2-3-5-8(7)6-9-10/h2-6,8,10H,1H2. The molecule has 1 unspecified atom stereocenters. The van der Waals surface area contributed by atoms with Crippen LogP contribution < -0.4 is 0 Å². The largest absolute Gasteiger partial charge is 0.411 e. The van der Waals surface area contributed by atoms with E-state index in [4.69, 9.17) is 5.21 Å². The van der Waals surface area contributed by atoms with Crippen molar-refractivity contribution in [2.24, 2.45) is 11.1 Å². The van der Waals surface area contributed by atoms with Gasteiger partial charge < -0.3 is 5.21 Å². The lowest BCUT2D eigenvalue weighted by atomic mass is 9.98. The van der Waals surface area contributed by atoms with Gasteiger partial charge in [0.05, 0.1) is 6.21 Å². The molecule has 1 aliphatic rings. The molecule has 0 amide bonds. The van der Waals surface area contributed by atoms with Crippen LogP contribution in [0.5, 0.6) is 0 Å². The van der Waals surface area contributed by atoms with Crippen molar-refractivity contribution in [1.29, 1.82) is 0 Å². The van der Waals surface area contributed by atoms with E-state index in [1.54, 1.807) is 0 Å². The summed E-state index contributed by atoms with van der Waals surface area (Å²) in [5.41, 5.74) is 0.945. The highest BCUT2D eigenvalue weighted by atomic mass is 16.4. The summed E-state index contributed by atoms with van der Waals surface area (Å²) in [5.74, 6) is 0.0648. The van der Waals surface area contributed by atoms with Gasteiger partial charge in [-0.25, -0.2) is 0 Å². The Hall–Kier alpha value is -1.31. The molecule has 0 saturated carbocycles. The van der Waals surface area contributed by atoms with Crippen molar-refractivity contribution in [2.45, 2.75) is 0 Å². The summed E-state index contributed by atoms with van der Waals surface area (Å²) in [4.78, 5) is 0. The van der Waals surface area contributed by atoms with Gasteiger partial charge in [-0.3, -0.25) is 0 Å². The SMILES string of the molecule is C=C1C=CC=CC1C=NO. The fourth-order valence-electron chi connectivity index (χ4n) is 0.815. The van der Waals surface area contributed by atoms with Crippen LogP contribution in [-0.2, 0) is 0 Å². The van der Waals surface area contributed by atoms with E-state index in [0.29, 0.717) is 0 Å². The van der Waals surface area contributed by atoms with E-state index in [2.05, 4.69) is 11.7 Å². The summed E-state index contributed by atoms with van der Waals surface area (Å²) in [6.45, 7) is 3.77. The third-order valence-corrected chi connectivity index (χ3v) is 1.40. The minimum Gasteiger partial charge on any atom is -0.411 e. The van der Waals surface area contributed by atoms with Crippen LogP contribution in [0.3, 0.4) is 0 Å². The molecule has 0 saturated heterocycles. The normalized spacial score (nSPS) is 24.4. The van der Waals surface area contributed by atoms with Gasteiger partial charge in [0.1, 0.15) is 0 Å². The Balaban J connectivity index is 2.70. The summed E-state index contributed by atoms with van der Waals surface area (Å²) >= 11 is 0. The molecule has 0 bridgehead atoms. The van der Waals surface area contributed by atoms with Crippen LogP contribution in [0.25, 0.3) is 0 Å². The lowest BCUT2D eigenvalue weighted by Gasteiger charge is -2.07. The van der Waals surface area contributed by atoms with Gasteiger partial charge in [0.15, 0.2) is 0 Å². The van der Waals surface area contributed by atoms with Gasteiger partial charge >= 0.3 is 0 Å². The number of hydrogen-bond acceptors (Lipinski definition) is 2. The van der Waals surface area contributed by atoms with Crippen molar-refractivity contribution in [2.75, 3.05) is 0 Å². The minimum atomic E-state index is 0.0648. The van der Waals surface area contributed by atoms with Crippen molar-refractivity contribution in [3.8, 4) is 0 Å². The molecule has 2 heteroatoms. The molecular weight excluding hydrogens is 126 g/mol. The van der Waals surface area contributed by atoms with Crippen LogP contribution in [0.1, 0.15) is 0 Å². The molecule has 1 atom stereocenters. The Kier molecular flexibility index (Phi) is 2.05. The number of oxime groups is 1. The van der Waals surface area contributed by atoms with Crippen LogP contribution in [0.15, 0.2) is 41.6 Å². The van der Waals surface area contributed by atoms with E-state index in [-0.39, 0.29) is 5.92 Å². The number of allylic oxidation sites excluding steroid dienone is 5. The zero-order valence-corrected chi connectivity index (χ0v) is 5.57. The predicted molar refractivity (Wildman–Crippen MR) is 41.2 cm³/mol. The Morgan fingerprint density at radius 3 is 3.00 bits per heavy atom. The number of hydrogen-bond donors (Lipinski definition) is 1. The molecule has 0 aromatic rings. The first-order chi connectivity index (χ1) is 4.84. The summed E-state index contributed by atoms with van der Waals surface area (Å²) in [7, 11) is 0. The zero-order chi connectivity index (χ0) is 7.40. The van der Waals surface area contributed by atoms with Crippen molar-refractivity contribution < 1.29 is 5.21 Å². The fourth-order valence-corrected chi connectivity index (χ4v) is 0.815. The molecular formula is C8H9NO. The molecule has 10 heavy (non-hydrogen) atoms. The lowest BCUT2D eigenvalue weighted by molar-refractivity contribution is 0.320. The Morgan fingerprint density at radius 2 is 2.40 bits per heavy atom.